The van der Waals surface area contributed by atoms with E-state index in [1.165, 1.54) is 25.8 Å². The molecule has 0 bridgehead atoms. The number of rotatable bonds is 4. The highest BCUT2D eigenvalue weighted by molar-refractivity contribution is 6.00. The van der Waals surface area contributed by atoms with Gasteiger partial charge in [0.25, 0.3) is 0 Å². The summed E-state index contributed by atoms with van der Waals surface area (Å²) in [5.74, 6) is -0.312. The number of nitrogens with one attached hydrogen (secondary N) is 2. The molecule has 0 aromatic carbocycles. The van der Waals surface area contributed by atoms with Crippen molar-refractivity contribution in [1.82, 2.24) is 15.5 Å². The van der Waals surface area contributed by atoms with Crippen LogP contribution in [0.4, 0.5) is 0 Å². The van der Waals surface area contributed by atoms with E-state index in [0.717, 1.165) is 13.0 Å². The molecule has 0 aliphatic carbocycles. The molecule has 5 nitrogen and oxygen atoms in total. The molecule has 2 aliphatic heterocycles. The number of carbonyl (C=O) groups excluding carboxylic acids is 2. The van der Waals surface area contributed by atoms with Crippen LogP contribution in [0.1, 0.15) is 38.5 Å². The van der Waals surface area contributed by atoms with E-state index in [0.29, 0.717) is 18.9 Å². The summed E-state index contributed by atoms with van der Waals surface area (Å²) in [6, 6.07) is 0.455. The molecule has 2 N–H and O–H groups in total. The maximum atomic E-state index is 11.5. The van der Waals surface area contributed by atoms with Gasteiger partial charge >= 0.3 is 0 Å². The van der Waals surface area contributed by atoms with Gasteiger partial charge in [-0.25, -0.2) is 0 Å². The normalized spacial score (nSPS) is 30.3. The van der Waals surface area contributed by atoms with Gasteiger partial charge in [-0.2, -0.15) is 0 Å². The molecule has 2 fully saturated rings. The number of carbonyl (C=O) groups is 2. The van der Waals surface area contributed by atoms with Crippen LogP contribution in [-0.2, 0) is 9.59 Å². The topological polar surface area (TPSA) is 61.4 Å². The second-order valence-electron chi connectivity index (χ2n) is 5.38. The van der Waals surface area contributed by atoms with Crippen LogP contribution >= 0.6 is 0 Å². The third kappa shape index (κ3) is 3.53. The number of hydrogen-bond acceptors (Lipinski definition) is 4. The Labute approximate surface area is 108 Å². The van der Waals surface area contributed by atoms with Crippen LogP contribution in [0.2, 0.25) is 0 Å². The quantitative estimate of drug-likeness (QED) is 0.705. The minimum absolute atomic E-state index is 0.148. The number of imide groups is 1. The molecule has 102 valence electrons. The van der Waals surface area contributed by atoms with Gasteiger partial charge in [-0.3, -0.25) is 14.9 Å². The molecule has 2 heterocycles. The zero-order valence-corrected chi connectivity index (χ0v) is 11.1. The van der Waals surface area contributed by atoms with Crippen molar-refractivity contribution < 1.29 is 9.59 Å². The zero-order valence-electron chi connectivity index (χ0n) is 11.1. The lowest BCUT2D eigenvalue weighted by molar-refractivity contribution is -0.134. The summed E-state index contributed by atoms with van der Waals surface area (Å²) < 4.78 is 0. The molecule has 2 atom stereocenters. The van der Waals surface area contributed by atoms with Crippen molar-refractivity contribution in [3.05, 3.63) is 0 Å². The van der Waals surface area contributed by atoms with Crippen molar-refractivity contribution in [3.63, 3.8) is 0 Å². The van der Waals surface area contributed by atoms with Crippen LogP contribution in [0.25, 0.3) is 0 Å². The zero-order chi connectivity index (χ0) is 13.0. The van der Waals surface area contributed by atoms with E-state index in [2.05, 4.69) is 22.6 Å². The van der Waals surface area contributed by atoms with E-state index in [9.17, 15) is 9.59 Å². The Morgan fingerprint density at radius 1 is 1.33 bits per heavy atom. The first-order chi connectivity index (χ1) is 8.66. The van der Waals surface area contributed by atoms with Gasteiger partial charge in [0.1, 0.15) is 0 Å². The lowest BCUT2D eigenvalue weighted by Gasteiger charge is -2.33. The van der Waals surface area contributed by atoms with Gasteiger partial charge in [0.15, 0.2) is 0 Å². The van der Waals surface area contributed by atoms with Gasteiger partial charge in [0, 0.05) is 12.5 Å². The van der Waals surface area contributed by atoms with Gasteiger partial charge in [-0.1, -0.05) is 6.42 Å². The van der Waals surface area contributed by atoms with Crippen molar-refractivity contribution >= 4 is 11.8 Å². The Hall–Kier alpha value is -0.940. The number of likely N-dealkylation sites (tertiary alicyclic amines) is 1. The summed E-state index contributed by atoms with van der Waals surface area (Å²) >= 11 is 0. The third-order valence-electron chi connectivity index (χ3n) is 4.03. The average Bonchev–Trinajstić information content (AvgIpc) is 2.34. The highest BCUT2D eigenvalue weighted by atomic mass is 16.2. The van der Waals surface area contributed by atoms with E-state index in [4.69, 9.17) is 0 Å². The molecular weight excluding hydrogens is 230 g/mol. The van der Waals surface area contributed by atoms with E-state index in [1.807, 2.05) is 0 Å². The first-order valence-corrected chi connectivity index (χ1v) is 6.94. The van der Waals surface area contributed by atoms with Crippen LogP contribution in [-0.4, -0.2) is 48.9 Å². The van der Waals surface area contributed by atoms with E-state index >= 15 is 0 Å². The predicted molar refractivity (Wildman–Crippen MR) is 69.1 cm³/mol. The highest BCUT2D eigenvalue weighted by Gasteiger charge is 2.26. The minimum Gasteiger partial charge on any atom is -0.306 e. The summed E-state index contributed by atoms with van der Waals surface area (Å²) in [5, 5.41) is 5.64. The minimum atomic E-state index is -0.184. The monoisotopic (exact) mass is 253 g/mol. The van der Waals surface area contributed by atoms with Crippen LogP contribution < -0.4 is 10.6 Å². The second kappa shape index (κ2) is 6.29. The molecule has 0 saturated carbocycles. The van der Waals surface area contributed by atoms with E-state index < -0.39 is 0 Å². The summed E-state index contributed by atoms with van der Waals surface area (Å²) in [4.78, 5) is 25.0. The number of nitrogens with zero attached hydrogens (tertiary/aromatic N) is 1. The average molecular weight is 253 g/mol. The molecular formula is C13H23N3O2. The summed E-state index contributed by atoms with van der Waals surface area (Å²) in [5.41, 5.74) is 0. The van der Waals surface area contributed by atoms with E-state index in [1.54, 1.807) is 0 Å². The standard InChI is InChI=1S/C13H23N3O2/c1-16-9-3-2-4-10(16)7-8-14-11-5-6-12(17)15-13(11)18/h10-11,14H,2-9H2,1H3,(H,15,17,18). The fourth-order valence-electron chi connectivity index (χ4n) is 2.82. The van der Waals surface area contributed by atoms with Crippen molar-refractivity contribution in [1.29, 1.82) is 0 Å². The first kappa shape index (κ1) is 13.5. The molecule has 2 saturated heterocycles. The molecule has 0 aromatic heterocycles. The molecule has 0 aromatic rings. The van der Waals surface area contributed by atoms with Crippen molar-refractivity contribution in [3.8, 4) is 0 Å². The Bertz CT molecular complexity index is 319. The summed E-state index contributed by atoms with van der Waals surface area (Å²) in [7, 11) is 2.18. The Morgan fingerprint density at radius 3 is 2.89 bits per heavy atom. The predicted octanol–water partition coefficient (Wildman–Crippen LogP) is 0.256. The fraction of sp³-hybridized carbons (Fsp3) is 0.846. The highest BCUT2D eigenvalue weighted by Crippen LogP contribution is 2.17. The Balaban J connectivity index is 1.68. The third-order valence-corrected chi connectivity index (χ3v) is 4.03. The fourth-order valence-corrected chi connectivity index (χ4v) is 2.82. The SMILES string of the molecule is CN1CCCCC1CCNC1CCC(=O)NC1=O. The second-order valence-corrected chi connectivity index (χ2v) is 5.38. The Morgan fingerprint density at radius 2 is 2.17 bits per heavy atom. The molecule has 0 spiro atoms. The largest absolute Gasteiger partial charge is 0.306 e. The molecule has 5 heteroatoms. The van der Waals surface area contributed by atoms with Crippen LogP contribution in [0, 0.1) is 0 Å². The van der Waals surface area contributed by atoms with Gasteiger partial charge in [0.05, 0.1) is 6.04 Å². The smallest absolute Gasteiger partial charge is 0.243 e. The lowest BCUT2D eigenvalue weighted by atomic mass is 9.99. The maximum Gasteiger partial charge on any atom is 0.243 e. The lowest BCUT2D eigenvalue weighted by Crippen LogP contribution is -2.51. The van der Waals surface area contributed by atoms with Gasteiger partial charge in [-0.05, 0) is 45.8 Å². The molecule has 2 unspecified atom stereocenters. The molecule has 2 aliphatic rings. The number of hydrogen-bond donors (Lipinski definition) is 2. The molecule has 2 amide bonds. The van der Waals surface area contributed by atoms with Gasteiger partial charge in [0.2, 0.25) is 11.8 Å². The van der Waals surface area contributed by atoms with Crippen LogP contribution in [0.3, 0.4) is 0 Å². The first-order valence-electron chi connectivity index (χ1n) is 6.94. The maximum absolute atomic E-state index is 11.5. The van der Waals surface area contributed by atoms with Crippen LogP contribution in [0.15, 0.2) is 0 Å². The molecule has 18 heavy (non-hydrogen) atoms. The van der Waals surface area contributed by atoms with Crippen LogP contribution in [0.5, 0.6) is 0 Å². The van der Waals surface area contributed by atoms with Crippen molar-refractivity contribution in [2.75, 3.05) is 20.1 Å². The van der Waals surface area contributed by atoms with Gasteiger partial charge in [-0.15, -0.1) is 0 Å². The summed E-state index contributed by atoms with van der Waals surface area (Å²) in [6.07, 6.45) is 6.03. The van der Waals surface area contributed by atoms with Crippen molar-refractivity contribution in [2.45, 2.75) is 50.6 Å². The van der Waals surface area contributed by atoms with Gasteiger partial charge < -0.3 is 10.2 Å². The summed E-state index contributed by atoms with van der Waals surface area (Å²) in [6.45, 7) is 2.03. The molecule has 2 rings (SSSR count). The van der Waals surface area contributed by atoms with E-state index in [-0.39, 0.29) is 17.9 Å². The van der Waals surface area contributed by atoms with Crippen molar-refractivity contribution in [2.24, 2.45) is 0 Å². The number of piperidine rings is 2. The Kier molecular flexibility index (Phi) is 4.72. The number of amides is 2. The molecule has 0 radical (unpaired) electrons.